The smallest absolute Gasteiger partial charge is 0.249 e. The highest BCUT2D eigenvalue weighted by Crippen LogP contribution is 2.20. The van der Waals surface area contributed by atoms with Crippen molar-refractivity contribution in [1.82, 2.24) is 5.32 Å². The van der Waals surface area contributed by atoms with E-state index in [0.29, 0.717) is 12.8 Å². The van der Waals surface area contributed by atoms with Crippen molar-refractivity contribution in [3.63, 3.8) is 0 Å². The Morgan fingerprint density at radius 1 is 0.293 bits per heavy atom. The number of allylic oxidation sites excluding steroid dienone is 4. The summed E-state index contributed by atoms with van der Waals surface area (Å²) in [5.74, 6) is -0.585. The molecule has 4 unspecified atom stereocenters. The molecule has 6 heteroatoms. The van der Waals surface area contributed by atoms with Crippen molar-refractivity contribution in [2.24, 2.45) is 0 Å². The maximum Gasteiger partial charge on any atom is 0.249 e. The highest BCUT2D eigenvalue weighted by molar-refractivity contribution is 5.80. The fourth-order valence-electron chi connectivity index (χ4n) is 12.3. The topological polar surface area (TPSA) is 110 Å². The lowest BCUT2D eigenvalue weighted by Crippen LogP contribution is -2.53. The number of amides is 1. The zero-order valence-electron chi connectivity index (χ0n) is 55.8. The molecule has 82 heavy (non-hydrogen) atoms. The first kappa shape index (κ1) is 80.8. The van der Waals surface area contributed by atoms with Gasteiger partial charge < -0.3 is 25.7 Å². The van der Waals surface area contributed by atoms with Crippen molar-refractivity contribution >= 4 is 5.91 Å². The van der Waals surface area contributed by atoms with Crippen LogP contribution in [0.3, 0.4) is 0 Å². The third kappa shape index (κ3) is 63.3. The van der Waals surface area contributed by atoms with E-state index >= 15 is 0 Å². The van der Waals surface area contributed by atoms with E-state index in [1.54, 1.807) is 0 Å². The Morgan fingerprint density at radius 2 is 0.500 bits per heavy atom. The molecule has 488 valence electrons. The molecule has 0 spiro atoms. The fourth-order valence-corrected chi connectivity index (χ4v) is 12.3. The van der Waals surface area contributed by atoms with Crippen LogP contribution in [0.15, 0.2) is 24.3 Å². The van der Waals surface area contributed by atoms with E-state index in [-0.39, 0.29) is 0 Å². The van der Waals surface area contributed by atoms with Gasteiger partial charge in [0, 0.05) is 0 Å². The van der Waals surface area contributed by atoms with Gasteiger partial charge in [-0.3, -0.25) is 4.79 Å². The van der Waals surface area contributed by atoms with Gasteiger partial charge in [0.15, 0.2) is 0 Å². The summed E-state index contributed by atoms with van der Waals surface area (Å²) in [4.78, 5) is 12.7. The standard InChI is InChI=1S/C76H149NO5/c1-3-5-7-9-11-13-15-17-19-21-23-25-27-29-31-33-34-35-36-37-38-39-40-41-42-44-46-48-50-52-54-56-58-60-62-64-66-68-70-74(80)76(82)77-72(71-78)75(81)73(79)69-67-65-63-61-59-57-55-53-51-49-47-45-43-32-30-28-26-24-22-20-18-16-14-12-10-8-6-4-2/h37-38,61,63,72-75,78-81H,3-36,39-60,62,64-71H2,1-2H3,(H,77,82)/b38-37-,63-61+. The Bertz CT molecular complexity index is 1260. The van der Waals surface area contributed by atoms with Gasteiger partial charge >= 0.3 is 0 Å². The molecule has 0 aromatic rings. The second-order valence-electron chi connectivity index (χ2n) is 26.3. The summed E-state index contributed by atoms with van der Waals surface area (Å²) in [5, 5.41) is 44.3. The van der Waals surface area contributed by atoms with E-state index in [0.717, 1.165) is 38.5 Å². The molecule has 0 radical (unpaired) electrons. The fraction of sp³-hybridized carbons (Fsp3) is 0.934. The largest absolute Gasteiger partial charge is 0.394 e. The highest BCUT2D eigenvalue weighted by atomic mass is 16.3. The zero-order chi connectivity index (χ0) is 59.4. The van der Waals surface area contributed by atoms with Gasteiger partial charge in [-0.15, -0.1) is 0 Å². The lowest BCUT2D eigenvalue weighted by Gasteiger charge is -2.27. The third-order valence-electron chi connectivity index (χ3n) is 18.1. The van der Waals surface area contributed by atoms with Crippen molar-refractivity contribution in [2.75, 3.05) is 6.61 Å². The van der Waals surface area contributed by atoms with Crippen LogP contribution >= 0.6 is 0 Å². The van der Waals surface area contributed by atoms with Crippen molar-refractivity contribution in [1.29, 1.82) is 0 Å². The lowest BCUT2D eigenvalue weighted by molar-refractivity contribution is -0.132. The maximum absolute atomic E-state index is 12.7. The Morgan fingerprint density at radius 3 is 0.732 bits per heavy atom. The molecule has 4 atom stereocenters. The molecule has 0 saturated heterocycles. The summed E-state index contributed by atoms with van der Waals surface area (Å²) in [6.07, 6.45) is 90.5. The lowest BCUT2D eigenvalue weighted by atomic mass is 10.00. The Labute approximate surface area is 514 Å². The highest BCUT2D eigenvalue weighted by Gasteiger charge is 2.28. The Balaban J connectivity index is 3.52. The summed E-state index contributed by atoms with van der Waals surface area (Å²) in [7, 11) is 0. The predicted molar refractivity (Wildman–Crippen MR) is 362 cm³/mol. The van der Waals surface area contributed by atoms with Crippen LogP contribution in [0, 0.1) is 0 Å². The summed E-state index contributed by atoms with van der Waals surface area (Å²) in [5.41, 5.74) is 0. The van der Waals surface area contributed by atoms with Crippen LogP contribution in [-0.4, -0.2) is 57.3 Å². The molecular formula is C76H149NO5. The maximum atomic E-state index is 12.7. The van der Waals surface area contributed by atoms with Gasteiger partial charge in [0.2, 0.25) is 5.91 Å². The molecule has 0 heterocycles. The van der Waals surface area contributed by atoms with Crippen LogP contribution in [0.25, 0.3) is 0 Å². The number of hydrogen-bond acceptors (Lipinski definition) is 5. The number of aliphatic hydroxyl groups is 4. The van der Waals surface area contributed by atoms with Gasteiger partial charge in [-0.05, 0) is 64.2 Å². The summed E-state index contributed by atoms with van der Waals surface area (Å²) < 4.78 is 0. The van der Waals surface area contributed by atoms with Crippen LogP contribution in [0.5, 0.6) is 0 Å². The van der Waals surface area contributed by atoms with Crippen molar-refractivity contribution < 1.29 is 25.2 Å². The van der Waals surface area contributed by atoms with Gasteiger partial charge in [0.05, 0.1) is 18.8 Å². The van der Waals surface area contributed by atoms with E-state index in [4.69, 9.17) is 0 Å². The first-order valence-corrected chi connectivity index (χ1v) is 37.7. The van der Waals surface area contributed by atoms with Gasteiger partial charge in [0.25, 0.3) is 0 Å². The van der Waals surface area contributed by atoms with Gasteiger partial charge in [0.1, 0.15) is 12.2 Å². The second-order valence-corrected chi connectivity index (χ2v) is 26.3. The Hall–Kier alpha value is -1.21. The van der Waals surface area contributed by atoms with E-state index in [2.05, 4.69) is 43.5 Å². The average Bonchev–Trinajstić information content (AvgIpc) is 3.48. The number of carbonyl (C=O) groups excluding carboxylic acids is 1. The minimum atomic E-state index is -1.28. The van der Waals surface area contributed by atoms with Crippen molar-refractivity contribution in [2.45, 2.75) is 449 Å². The van der Waals surface area contributed by atoms with Gasteiger partial charge in [-0.25, -0.2) is 0 Å². The number of unbranched alkanes of at least 4 members (excludes halogenated alkanes) is 58. The molecule has 0 aliphatic heterocycles. The number of carbonyl (C=O) groups is 1. The van der Waals surface area contributed by atoms with Crippen LogP contribution in [0.4, 0.5) is 0 Å². The van der Waals surface area contributed by atoms with Gasteiger partial charge in [-0.1, -0.05) is 385 Å². The minimum Gasteiger partial charge on any atom is -0.394 e. The quantitative estimate of drug-likeness (QED) is 0.0308. The molecule has 0 fully saturated rings. The van der Waals surface area contributed by atoms with E-state index < -0.39 is 36.9 Å². The predicted octanol–water partition coefficient (Wildman–Crippen LogP) is 23.7. The number of nitrogens with one attached hydrogen (secondary N) is 1. The number of hydrogen-bond donors (Lipinski definition) is 5. The van der Waals surface area contributed by atoms with Crippen LogP contribution in [0.1, 0.15) is 425 Å². The molecule has 0 bridgehead atoms. The average molecular weight is 1160 g/mol. The number of rotatable bonds is 71. The van der Waals surface area contributed by atoms with Crippen molar-refractivity contribution in [3.05, 3.63) is 24.3 Å². The summed E-state index contributed by atoms with van der Waals surface area (Å²) in [6, 6.07) is -1.00. The van der Waals surface area contributed by atoms with E-state index in [1.165, 1.54) is 360 Å². The van der Waals surface area contributed by atoms with E-state index in [1.807, 2.05) is 0 Å². The molecule has 6 nitrogen and oxygen atoms in total. The zero-order valence-corrected chi connectivity index (χ0v) is 55.8. The molecule has 0 rings (SSSR count). The van der Waals surface area contributed by atoms with Crippen LogP contribution in [-0.2, 0) is 4.79 Å². The first-order valence-electron chi connectivity index (χ1n) is 37.7. The van der Waals surface area contributed by atoms with Crippen molar-refractivity contribution in [3.8, 4) is 0 Å². The monoisotopic (exact) mass is 1160 g/mol. The Kier molecular flexibility index (Phi) is 69.5. The molecule has 1 amide bonds. The van der Waals surface area contributed by atoms with Gasteiger partial charge in [-0.2, -0.15) is 0 Å². The van der Waals surface area contributed by atoms with Crippen LogP contribution in [0.2, 0.25) is 0 Å². The van der Waals surface area contributed by atoms with Crippen LogP contribution < -0.4 is 5.32 Å². The third-order valence-corrected chi connectivity index (χ3v) is 18.1. The number of aliphatic hydroxyl groups excluding tert-OH is 4. The molecule has 0 saturated carbocycles. The second kappa shape index (κ2) is 70.6. The molecule has 0 aliphatic rings. The molecule has 0 aromatic carbocycles. The normalized spacial score (nSPS) is 13.5. The molecule has 5 N–H and O–H groups in total. The summed E-state index contributed by atoms with van der Waals surface area (Å²) >= 11 is 0. The SMILES string of the molecule is CCCCCCCCCCCCCCCCCCCC/C=C\CCCCCCCCCCCCCCCCCCC(O)C(=O)NC(CO)C(O)C(O)CCC/C=C/CCCCCCCCCCCCCCCCCCCCCCCCC. The summed E-state index contributed by atoms with van der Waals surface area (Å²) in [6.45, 7) is 4.11. The minimum absolute atomic E-state index is 0.367. The molecular weight excluding hydrogens is 1010 g/mol. The van der Waals surface area contributed by atoms with E-state index in [9.17, 15) is 25.2 Å². The first-order chi connectivity index (χ1) is 40.5. The molecule has 0 aliphatic carbocycles. The molecule has 0 aromatic heterocycles.